The van der Waals surface area contributed by atoms with Crippen molar-refractivity contribution in [1.82, 2.24) is 4.57 Å². The number of hydrogen-bond acceptors (Lipinski definition) is 2. The van der Waals surface area contributed by atoms with Gasteiger partial charge in [0.25, 0.3) is 0 Å². The Bertz CT molecular complexity index is 2340. The van der Waals surface area contributed by atoms with Crippen LogP contribution in [-0.4, -0.2) is 10.3 Å². The molecule has 0 amide bonds. The molecule has 8 rings (SSSR count). The average molecular weight is 583 g/mol. The summed E-state index contributed by atoms with van der Waals surface area (Å²) in [5.74, 6) is 0. The average Bonchev–Trinajstić information content (AvgIpc) is 3.63. The molecule has 0 spiro atoms. The first kappa shape index (κ1) is 26.4. The Hall–Kier alpha value is -5.25. The second-order valence-electron chi connectivity index (χ2n) is 11.2. The van der Waals surface area contributed by atoms with Crippen LogP contribution in [0.4, 0.5) is 0 Å². The van der Waals surface area contributed by atoms with E-state index in [4.69, 9.17) is 4.99 Å². The normalized spacial score (nSPS) is 12.6. The topological polar surface area (TPSA) is 17.3 Å². The van der Waals surface area contributed by atoms with Crippen LogP contribution in [-0.2, 0) is 6.42 Å². The van der Waals surface area contributed by atoms with E-state index in [1.54, 1.807) is 0 Å². The molecule has 0 atom stereocenters. The maximum atomic E-state index is 5.16. The molecule has 44 heavy (non-hydrogen) atoms. The molecule has 3 heteroatoms. The van der Waals surface area contributed by atoms with E-state index in [-0.39, 0.29) is 0 Å². The van der Waals surface area contributed by atoms with Crippen molar-refractivity contribution in [2.75, 3.05) is 0 Å². The largest absolute Gasteiger partial charge is 0.308 e. The number of fused-ring (bicyclic) bond motifs is 7. The van der Waals surface area contributed by atoms with Crippen LogP contribution in [0.25, 0.3) is 53.4 Å². The Balaban J connectivity index is 1.23. The Morgan fingerprint density at radius 2 is 1.27 bits per heavy atom. The summed E-state index contributed by atoms with van der Waals surface area (Å²) >= 11 is 1.88. The highest BCUT2D eigenvalue weighted by Gasteiger charge is 2.17. The smallest absolute Gasteiger partial charge is 0.0719 e. The van der Waals surface area contributed by atoms with Gasteiger partial charge in [-0.1, -0.05) is 127 Å². The standard InChI is InChI=1S/C41H30N2S/c1-28(42-37(31-14-6-3-7-15-31)27-20-29-12-4-2-5-13-29)30-21-23-32(24-22-30)43-38-18-10-8-16-33(38)35-25-26-36-34-17-9-11-19-39(34)44-41(36)40(35)43/h2-19,21-27H,20H2,1H3/b37-27-,42-28?. The number of rotatable bonds is 6. The van der Waals surface area contributed by atoms with Crippen LogP contribution < -0.4 is 0 Å². The molecule has 8 aromatic rings. The Morgan fingerprint density at radius 3 is 2.07 bits per heavy atom. The summed E-state index contributed by atoms with van der Waals surface area (Å²) in [5, 5.41) is 5.21. The van der Waals surface area contributed by atoms with Gasteiger partial charge in [0.05, 0.1) is 21.4 Å². The van der Waals surface area contributed by atoms with E-state index in [0.717, 1.165) is 34.6 Å². The molecule has 0 aliphatic rings. The monoisotopic (exact) mass is 582 g/mol. The first-order valence-corrected chi connectivity index (χ1v) is 15.9. The van der Waals surface area contributed by atoms with Gasteiger partial charge in [0.15, 0.2) is 0 Å². The van der Waals surface area contributed by atoms with E-state index in [1.807, 2.05) is 11.3 Å². The summed E-state index contributed by atoms with van der Waals surface area (Å²) < 4.78 is 5.09. The lowest BCUT2D eigenvalue weighted by molar-refractivity contribution is 1.19. The van der Waals surface area contributed by atoms with Crippen LogP contribution in [0.3, 0.4) is 0 Å². The number of benzene rings is 6. The maximum Gasteiger partial charge on any atom is 0.0719 e. The van der Waals surface area contributed by atoms with Crippen molar-refractivity contribution >= 4 is 64.7 Å². The Kier molecular flexibility index (Phi) is 6.66. The minimum Gasteiger partial charge on any atom is -0.308 e. The highest BCUT2D eigenvalue weighted by Crippen LogP contribution is 2.42. The Labute approximate surface area is 260 Å². The van der Waals surface area contributed by atoms with Crippen molar-refractivity contribution in [3.05, 3.63) is 168 Å². The summed E-state index contributed by atoms with van der Waals surface area (Å²) in [7, 11) is 0. The van der Waals surface area contributed by atoms with Gasteiger partial charge in [0.1, 0.15) is 0 Å². The molecular weight excluding hydrogens is 553 g/mol. The summed E-state index contributed by atoms with van der Waals surface area (Å²) in [6, 6.07) is 52.0. The lowest BCUT2D eigenvalue weighted by atomic mass is 10.1. The van der Waals surface area contributed by atoms with Gasteiger partial charge in [-0.15, -0.1) is 11.3 Å². The predicted octanol–water partition coefficient (Wildman–Crippen LogP) is 11.2. The maximum absolute atomic E-state index is 5.16. The van der Waals surface area contributed by atoms with Gasteiger partial charge >= 0.3 is 0 Å². The van der Waals surface area contributed by atoms with Crippen molar-refractivity contribution < 1.29 is 0 Å². The van der Waals surface area contributed by atoms with Crippen LogP contribution in [0.5, 0.6) is 0 Å². The van der Waals surface area contributed by atoms with Gasteiger partial charge in [0.2, 0.25) is 0 Å². The van der Waals surface area contributed by atoms with Crippen LogP contribution in [0.1, 0.15) is 23.6 Å². The van der Waals surface area contributed by atoms with E-state index in [0.29, 0.717) is 0 Å². The van der Waals surface area contributed by atoms with Crippen molar-refractivity contribution in [2.45, 2.75) is 13.3 Å². The minimum atomic E-state index is 0.834. The molecule has 2 aromatic heterocycles. The van der Waals surface area contributed by atoms with Crippen molar-refractivity contribution in [1.29, 1.82) is 0 Å². The van der Waals surface area contributed by atoms with Gasteiger partial charge < -0.3 is 4.57 Å². The van der Waals surface area contributed by atoms with Crippen LogP contribution >= 0.6 is 11.3 Å². The third-order valence-electron chi connectivity index (χ3n) is 8.45. The zero-order valence-electron chi connectivity index (χ0n) is 24.4. The molecule has 0 fully saturated rings. The lowest BCUT2D eigenvalue weighted by Gasteiger charge is -2.11. The number of thiophene rings is 1. The van der Waals surface area contributed by atoms with Crippen molar-refractivity contribution in [3.8, 4) is 5.69 Å². The van der Waals surface area contributed by atoms with Crippen LogP contribution in [0, 0.1) is 0 Å². The zero-order valence-corrected chi connectivity index (χ0v) is 25.3. The van der Waals surface area contributed by atoms with E-state index < -0.39 is 0 Å². The van der Waals surface area contributed by atoms with E-state index >= 15 is 0 Å². The van der Waals surface area contributed by atoms with E-state index in [1.165, 1.54) is 47.5 Å². The van der Waals surface area contributed by atoms with Gasteiger partial charge in [-0.2, -0.15) is 0 Å². The van der Waals surface area contributed by atoms with Crippen molar-refractivity contribution in [3.63, 3.8) is 0 Å². The molecule has 0 saturated carbocycles. The fraction of sp³-hybridized carbons (Fsp3) is 0.0488. The van der Waals surface area contributed by atoms with Crippen LogP contribution in [0.2, 0.25) is 0 Å². The SMILES string of the molecule is CC(=N/C(=C\Cc1ccccc1)c1ccccc1)c1ccc(-n2c3ccccc3c3ccc4c5ccccc5sc4c32)cc1. The summed E-state index contributed by atoms with van der Waals surface area (Å²) in [6.07, 6.45) is 3.07. The fourth-order valence-electron chi connectivity index (χ4n) is 6.26. The van der Waals surface area contributed by atoms with Crippen molar-refractivity contribution in [2.24, 2.45) is 4.99 Å². The third kappa shape index (κ3) is 4.63. The number of hydrogen-bond donors (Lipinski definition) is 0. The van der Waals surface area contributed by atoms with Gasteiger partial charge in [-0.05, 0) is 54.3 Å². The molecule has 0 unspecified atom stereocenters. The molecule has 0 aliphatic carbocycles. The molecule has 0 N–H and O–H groups in total. The zero-order chi connectivity index (χ0) is 29.5. The highest BCUT2D eigenvalue weighted by atomic mass is 32.1. The van der Waals surface area contributed by atoms with Gasteiger partial charge in [-0.3, -0.25) is 4.99 Å². The molecule has 0 radical (unpaired) electrons. The quantitative estimate of drug-likeness (QED) is 0.174. The third-order valence-corrected chi connectivity index (χ3v) is 9.65. The molecule has 0 saturated heterocycles. The Morgan fingerprint density at radius 1 is 0.614 bits per heavy atom. The number of allylic oxidation sites excluding steroid dienone is 1. The fourth-order valence-corrected chi connectivity index (χ4v) is 7.50. The molecule has 6 aromatic carbocycles. The number of aromatic nitrogens is 1. The molecule has 0 bridgehead atoms. The van der Waals surface area contributed by atoms with Gasteiger partial charge in [0, 0.05) is 37.6 Å². The second kappa shape index (κ2) is 11.1. The summed E-state index contributed by atoms with van der Waals surface area (Å²) in [4.78, 5) is 5.16. The van der Waals surface area contributed by atoms with Gasteiger partial charge in [-0.25, -0.2) is 0 Å². The minimum absolute atomic E-state index is 0.834. The number of nitrogens with zero attached hydrogens (tertiary/aromatic N) is 2. The molecule has 2 heterocycles. The predicted molar refractivity (Wildman–Crippen MR) is 190 cm³/mol. The van der Waals surface area contributed by atoms with Crippen LogP contribution in [0.15, 0.2) is 157 Å². The molecule has 2 nitrogen and oxygen atoms in total. The molecular formula is C41H30N2S. The first-order valence-electron chi connectivity index (χ1n) is 15.0. The highest BCUT2D eigenvalue weighted by molar-refractivity contribution is 7.26. The molecule has 0 aliphatic heterocycles. The first-order chi connectivity index (χ1) is 21.7. The molecule has 210 valence electrons. The van der Waals surface area contributed by atoms with E-state index in [2.05, 4.69) is 163 Å². The summed E-state index contributed by atoms with van der Waals surface area (Å²) in [6.45, 7) is 2.11. The number of para-hydroxylation sites is 1. The summed E-state index contributed by atoms with van der Waals surface area (Å²) in [5.41, 5.74) is 9.15. The lowest BCUT2D eigenvalue weighted by Crippen LogP contribution is -1.99. The number of aliphatic imine (C=N–C) groups is 1. The second-order valence-corrected chi connectivity index (χ2v) is 12.2. The van der Waals surface area contributed by atoms with E-state index in [9.17, 15) is 0 Å².